The number of anilines is 2. The Morgan fingerprint density at radius 1 is 0.889 bits per heavy atom. The van der Waals surface area contributed by atoms with Crippen LogP contribution in [0.5, 0.6) is 0 Å². The number of hydrogen-bond donors (Lipinski definition) is 2. The zero-order valence-electron chi connectivity index (χ0n) is 15.2. The lowest BCUT2D eigenvalue weighted by Crippen LogP contribution is -2.22. The van der Waals surface area contributed by atoms with E-state index in [0.29, 0.717) is 10.7 Å². The standard InChI is InChI=1S/C20H21ClN2O4/c1-13-4-3-5-14(2)20(13)23-17(24)10-11-19(26)27-12-18(25)22-16-8-6-15(21)7-9-16/h3-9H,10-12H2,1-2H3,(H,22,25)(H,23,24). The summed E-state index contributed by atoms with van der Waals surface area (Å²) in [5.41, 5.74) is 3.20. The molecule has 0 atom stereocenters. The third-order valence-electron chi connectivity index (χ3n) is 3.79. The molecule has 0 radical (unpaired) electrons. The molecule has 2 aromatic carbocycles. The van der Waals surface area contributed by atoms with Crippen molar-refractivity contribution in [2.75, 3.05) is 17.2 Å². The molecule has 0 aliphatic carbocycles. The number of carbonyl (C=O) groups is 3. The van der Waals surface area contributed by atoms with Crippen LogP contribution >= 0.6 is 11.6 Å². The van der Waals surface area contributed by atoms with Gasteiger partial charge in [0.15, 0.2) is 6.61 Å². The van der Waals surface area contributed by atoms with Crippen molar-refractivity contribution < 1.29 is 19.1 Å². The van der Waals surface area contributed by atoms with Gasteiger partial charge in [-0.3, -0.25) is 14.4 Å². The molecule has 0 aliphatic rings. The van der Waals surface area contributed by atoms with Crippen molar-refractivity contribution in [3.05, 3.63) is 58.6 Å². The van der Waals surface area contributed by atoms with Gasteiger partial charge < -0.3 is 15.4 Å². The molecule has 2 aromatic rings. The number of ether oxygens (including phenoxy) is 1. The second kappa shape index (κ2) is 9.73. The van der Waals surface area contributed by atoms with Crippen LogP contribution < -0.4 is 10.6 Å². The first kappa shape index (κ1) is 20.5. The van der Waals surface area contributed by atoms with Gasteiger partial charge in [-0.05, 0) is 49.2 Å². The van der Waals surface area contributed by atoms with Crippen LogP contribution in [-0.4, -0.2) is 24.4 Å². The van der Waals surface area contributed by atoms with Crippen molar-refractivity contribution >= 4 is 40.8 Å². The monoisotopic (exact) mass is 388 g/mol. The Bertz CT molecular complexity index is 814. The lowest BCUT2D eigenvalue weighted by atomic mass is 10.1. The van der Waals surface area contributed by atoms with Gasteiger partial charge in [0.25, 0.3) is 5.91 Å². The van der Waals surface area contributed by atoms with E-state index in [1.165, 1.54) is 0 Å². The number of para-hydroxylation sites is 1. The first-order valence-corrected chi connectivity index (χ1v) is 8.80. The third kappa shape index (κ3) is 6.75. The van der Waals surface area contributed by atoms with E-state index in [2.05, 4.69) is 10.6 Å². The molecule has 0 spiro atoms. The van der Waals surface area contributed by atoms with E-state index in [1.54, 1.807) is 24.3 Å². The summed E-state index contributed by atoms with van der Waals surface area (Å²) in [5, 5.41) is 5.93. The van der Waals surface area contributed by atoms with Gasteiger partial charge in [0.1, 0.15) is 0 Å². The number of carbonyl (C=O) groups excluding carboxylic acids is 3. The smallest absolute Gasteiger partial charge is 0.306 e. The van der Waals surface area contributed by atoms with E-state index < -0.39 is 18.5 Å². The van der Waals surface area contributed by atoms with Gasteiger partial charge in [-0.15, -0.1) is 0 Å². The molecule has 0 saturated heterocycles. The number of esters is 1. The van der Waals surface area contributed by atoms with Crippen LogP contribution in [0.3, 0.4) is 0 Å². The van der Waals surface area contributed by atoms with Gasteiger partial charge >= 0.3 is 5.97 Å². The van der Waals surface area contributed by atoms with E-state index >= 15 is 0 Å². The van der Waals surface area contributed by atoms with E-state index in [9.17, 15) is 14.4 Å². The van der Waals surface area contributed by atoms with Crippen LogP contribution in [0.15, 0.2) is 42.5 Å². The molecular formula is C20H21ClN2O4. The molecule has 0 unspecified atom stereocenters. The van der Waals surface area contributed by atoms with Crippen LogP contribution in [-0.2, 0) is 19.1 Å². The van der Waals surface area contributed by atoms with E-state index in [-0.39, 0.29) is 18.7 Å². The van der Waals surface area contributed by atoms with Crippen LogP contribution in [0, 0.1) is 13.8 Å². The molecule has 0 heterocycles. The zero-order chi connectivity index (χ0) is 19.8. The molecule has 142 valence electrons. The molecule has 7 heteroatoms. The molecule has 2 amide bonds. The third-order valence-corrected chi connectivity index (χ3v) is 4.05. The molecule has 2 N–H and O–H groups in total. The molecule has 0 aromatic heterocycles. The number of halogens is 1. The molecular weight excluding hydrogens is 368 g/mol. The average molecular weight is 389 g/mol. The van der Waals surface area contributed by atoms with Crippen LogP contribution in [0.2, 0.25) is 5.02 Å². The fraction of sp³-hybridized carbons (Fsp3) is 0.250. The van der Waals surface area contributed by atoms with Crippen molar-refractivity contribution in [2.45, 2.75) is 26.7 Å². The van der Waals surface area contributed by atoms with Crippen molar-refractivity contribution in [3.8, 4) is 0 Å². The Hall–Kier alpha value is -2.86. The Morgan fingerprint density at radius 2 is 1.52 bits per heavy atom. The van der Waals surface area contributed by atoms with Crippen molar-refractivity contribution in [1.29, 1.82) is 0 Å². The Balaban J connectivity index is 1.71. The summed E-state index contributed by atoms with van der Waals surface area (Å²) in [6.07, 6.45) is -0.129. The minimum atomic E-state index is -0.613. The van der Waals surface area contributed by atoms with Gasteiger partial charge in [0, 0.05) is 22.8 Å². The first-order valence-electron chi connectivity index (χ1n) is 8.42. The van der Waals surface area contributed by atoms with Crippen molar-refractivity contribution in [2.24, 2.45) is 0 Å². The number of aryl methyl sites for hydroxylation is 2. The highest BCUT2D eigenvalue weighted by molar-refractivity contribution is 6.30. The van der Waals surface area contributed by atoms with Crippen LogP contribution in [0.25, 0.3) is 0 Å². The van der Waals surface area contributed by atoms with E-state index in [0.717, 1.165) is 16.8 Å². The summed E-state index contributed by atoms with van der Waals surface area (Å²) in [5.74, 6) is -1.36. The normalized spacial score (nSPS) is 10.2. The lowest BCUT2D eigenvalue weighted by Gasteiger charge is -2.11. The summed E-state index contributed by atoms with van der Waals surface area (Å²) in [6, 6.07) is 12.3. The topological polar surface area (TPSA) is 84.5 Å². The predicted molar refractivity (Wildman–Crippen MR) is 105 cm³/mol. The van der Waals surface area contributed by atoms with Crippen molar-refractivity contribution in [3.63, 3.8) is 0 Å². The Kier molecular flexibility index (Phi) is 7.37. The number of amides is 2. The van der Waals surface area contributed by atoms with Gasteiger partial charge in [-0.2, -0.15) is 0 Å². The second-order valence-corrected chi connectivity index (χ2v) is 6.47. The summed E-state index contributed by atoms with van der Waals surface area (Å²) < 4.78 is 4.89. The molecule has 2 rings (SSSR count). The molecule has 0 aliphatic heterocycles. The highest BCUT2D eigenvalue weighted by Gasteiger charge is 2.12. The maximum atomic E-state index is 12.0. The Labute approximate surface area is 162 Å². The maximum absolute atomic E-state index is 12.0. The van der Waals surface area contributed by atoms with E-state index in [4.69, 9.17) is 16.3 Å². The minimum absolute atomic E-state index is 0.0224. The molecule has 27 heavy (non-hydrogen) atoms. The fourth-order valence-corrected chi connectivity index (χ4v) is 2.50. The minimum Gasteiger partial charge on any atom is -0.456 e. The molecule has 0 saturated carbocycles. The number of hydrogen-bond acceptors (Lipinski definition) is 4. The highest BCUT2D eigenvalue weighted by Crippen LogP contribution is 2.19. The highest BCUT2D eigenvalue weighted by atomic mass is 35.5. The van der Waals surface area contributed by atoms with Gasteiger partial charge in [0.05, 0.1) is 6.42 Å². The summed E-state index contributed by atoms with van der Waals surface area (Å²) in [6.45, 7) is 3.38. The SMILES string of the molecule is Cc1cccc(C)c1NC(=O)CCC(=O)OCC(=O)Nc1ccc(Cl)cc1. The quantitative estimate of drug-likeness (QED) is 0.705. The predicted octanol–water partition coefficient (Wildman–Crippen LogP) is 3.86. The summed E-state index contributed by atoms with van der Waals surface area (Å²) >= 11 is 5.76. The van der Waals surface area contributed by atoms with E-state index in [1.807, 2.05) is 32.0 Å². The average Bonchev–Trinajstić information content (AvgIpc) is 2.63. The lowest BCUT2D eigenvalue weighted by molar-refractivity contribution is -0.147. The first-order chi connectivity index (χ1) is 12.8. The molecule has 0 fully saturated rings. The second-order valence-electron chi connectivity index (χ2n) is 6.03. The summed E-state index contributed by atoms with van der Waals surface area (Å²) in [7, 11) is 0. The van der Waals surface area contributed by atoms with Crippen LogP contribution in [0.4, 0.5) is 11.4 Å². The zero-order valence-corrected chi connectivity index (χ0v) is 15.9. The number of rotatable bonds is 7. The van der Waals surface area contributed by atoms with Gasteiger partial charge in [-0.25, -0.2) is 0 Å². The number of nitrogens with one attached hydrogen (secondary N) is 2. The van der Waals surface area contributed by atoms with Crippen LogP contribution in [0.1, 0.15) is 24.0 Å². The molecule has 0 bridgehead atoms. The largest absolute Gasteiger partial charge is 0.456 e. The number of benzene rings is 2. The fourth-order valence-electron chi connectivity index (χ4n) is 2.38. The van der Waals surface area contributed by atoms with Gasteiger partial charge in [-0.1, -0.05) is 29.8 Å². The summed E-state index contributed by atoms with van der Waals surface area (Å²) in [4.78, 5) is 35.5. The maximum Gasteiger partial charge on any atom is 0.306 e. The molecule has 6 nitrogen and oxygen atoms in total. The van der Waals surface area contributed by atoms with Gasteiger partial charge in [0.2, 0.25) is 5.91 Å². The van der Waals surface area contributed by atoms with Crippen molar-refractivity contribution in [1.82, 2.24) is 0 Å². The Morgan fingerprint density at radius 3 is 2.15 bits per heavy atom.